The Kier molecular flexibility index (Phi) is 3.55. The number of amides is 1. The van der Waals surface area contributed by atoms with Crippen LogP contribution in [0.15, 0.2) is 24.3 Å². The molecule has 0 saturated carbocycles. The molecule has 5 nitrogen and oxygen atoms in total. The van der Waals surface area contributed by atoms with E-state index in [4.69, 9.17) is 0 Å². The molecule has 19 heavy (non-hydrogen) atoms. The van der Waals surface area contributed by atoms with Gasteiger partial charge in [0.15, 0.2) is 0 Å². The van der Waals surface area contributed by atoms with Gasteiger partial charge in [-0.15, -0.1) is 0 Å². The van der Waals surface area contributed by atoms with Gasteiger partial charge in [0.1, 0.15) is 5.75 Å². The molecule has 0 spiro atoms. The Morgan fingerprint density at radius 3 is 2.63 bits per heavy atom. The molecule has 0 bridgehead atoms. The molecule has 2 aromatic rings. The second-order valence-corrected chi connectivity index (χ2v) is 4.33. The summed E-state index contributed by atoms with van der Waals surface area (Å²) in [5.41, 5.74) is 2.47. The molecule has 1 amide bonds. The minimum absolute atomic E-state index is 0.0500. The van der Waals surface area contributed by atoms with Gasteiger partial charge in [-0.25, -0.2) is 0 Å². The van der Waals surface area contributed by atoms with Crippen LogP contribution in [0.3, 0.4) is 0 Å². The van der Waals surface area contributed by atoms with Crippen LogP contribution in [0.2, 0.25) is 0 Å². The van der Waals surface area contributed by atoms with Crippen molar-refractivity contribution in [3.63, 3.8) is 0 Å². The van der Waals surface area contributed by atoms with Crippen LogP contribution >= 0.6 is 0 Å². The molecule has 1 aromatic carbocycles. The van der Waals surface area contributed by atoms with Gasteiger partial charge >= 0.3 is 0 Å². The van der Waals surface area contributed by atoms with Gasteiger partial charge in [-0.1, -0.05) is 12.1 Å². The third kappa shape index (κ3) is 2.45. The largest absolute Gasteiger partial charge is 0.506 e. The van der Waals surface area contributed by atoms with Crippen molar-refractivity contribution in [2.24, 2.45) is 0 Å². The highest BCUT2D eigenvalue weighted by molar-refractivity contribution is 6.06. The van der Waals surface area contributed by atoms with E-state index in [1.54, 1.807) is 29.8 Å². The molecule has 0 atom stereocenters. The number of aromatic nitrogens is 2. The van der Waals surface area contributed by atoms with Crippen molar-refractivity contribution in [1.29, 1.82) is 0 Å². The van der Waals surface area contributed by atoms with Crippen LogP contribution < -0.4 is 5.32 Å². The third-order valence-electron chi connectivity index (χ3n) is 3.06. The monoisotopic (exact) mass is 259 g/mol. The number of phenols is 1. The van der Waals surface area contributed by atoms with Gasteiger partial charge in [0.2, 0.25) is 0 Å². The van der Waals surface area contributed by atoms with Gasteiger partial charge in [-0.05, 0) is 32.9 Å². The predicted molar refractivity (Wildman–Crippen MR) is 73.4 cm³/mol. The first-order valence-electron chi connectivity index (χ1n) is 6.18. The predicted octanol–water partition coefficient (Wildman–Crippen LogP) is 2.48. The van der Waals surface area contributed by atoms with E-state index in [9.17, 15) is 9.90 Å². The highest BCUT2D eigenvalue weighted by Crippen LogP contribution is 2.23. The molecule has 0 saturated heterocycles. The molecule has 0 radical (unpaired) electrons. The fourth-order valence-corrected chi connectivity index (χ4v) is 2.10. The average Bonchev–Trinajstić information content (AvgIpc) is 2.67. The minimum Gasteiger partial charge on any atom is -0.506 e. The number of carbonyl (C=O) groups is 1. The number of anilines is 1. The number of nitrogens with zero attached hydrogens (tertiary/aromatic N) is 2. The Labute approximate surface area is 111 Å². The first kappa shape index (κ1) is 13.1. The van der Waals surface area contributed by atoms with Gasteiger partial charge in [0, 0.05) is 12.2 Å². The van der Waals surface area contributed by atoms with Crippen molar-refractivity contribution in [1.82, 2.24) is 9.78 Å². The summed E-state index contributed by atoms with van der Waals surface area (Å²) >= 11 is 0. The van der Waals surface area contributed by atoms with E-state index in [-0.39, 0.29) is 11.7 Å². The molecule has 2 N–H and O–H groups in total. The molecule has 0 aliphatic carbocycles. The molecule has 0 unspecified atom stereocenters. The summed E-state index contributed by atoms with van der Waals surface area (Å²) in [6, 6.07) is 6.65. The molecule has 0 fully saturated rings. The van der Waals surface area contributed by atoms with E-state index in [1.807, 2.05) is 13.8 Å². The molecule has 1 aromatic heterocycles. The molecule has 1 heterocycles. The van der Waals surface area contributed by atoms with Crippen molar-refractivity contribution in [3.8, 4) is 5.75 Å². The maximum Gasteiger partial charge on any atom is 0.259 e. The number of carbonyl (C=O) groups excluding carboxylic acids is 1. The zero-order valence-electron chi connectivity index (χ0n) is 11.3. The summed E-state index contributed by atoms with van der Waals surface area (Å²) in [6.07, 6.45) is 0. The molecular formula is C14H17N3O2. The topological polar surface area (TPSA) is 67.2 Å². The van der Waals surface area contributed by atoms with Crippen molar-refractivity contribution in [2.75, 3.05) is 5.32 Å². The number of nitrogens with one attached hydrogen (secondary N) is 1. The number of aryl methyl sites for hydroxylation is 2. The molecule has 100 valence electrons. The zero-order valence-corrected chi connectivity index (χ0v) is 11.3. The number of para-hydroxylation sites is 2. The molecule has 5 heteroatoms. The fourth-order valence-electron chi connectivity index (χ4n) is 2.10. The summed E-state index contributed by atoms with van der Waals surface area (Å²) in [4.78, 5) is 12.3. The lowest BCUT2D eigenvalue weighted by Gasteiger charge is -2.07. The quantitative estimate of drug-likeness (QED) is 0.832. The number of rotatable bonds is 3. The van der Waals surface area contributed by atoms with E-state index < -0.39 is 0 Å². The van der Waals surface area contributed by atoms with E-state index in [0.29, 0.717) is 16.9 Å². The second kappa shape index (κ2) is 5.14. The van der Waals surface area contributed by atoms with Crippen LogP contribution in [0, 0.1) is 13.8 Å². The number of benzene rings is 1. The molecule has 0 aliphatic heterocycles. The summed E-state index contributed by atoms with van der Waals surface area (Å²) in [6.45, 7) is 6.36. The van der Waals surface area contributed by atoms with Gasteiger partial charge in [-0.3, -0.25) is 9.48 Å². The second-order valence-electron chi connectivity index (χ2n) is 4.33. The normalized spacial score (nSPS) is 10.5. The first-order valence-corrected chi connectivity index (χ1v) is 6.18. The summed E-state index contributed by atoms with van der Waals surface area (Å²) in [5, 5.41) is 16.7. The SMILES string of the molecule is CCn1nc(C)c(C(=O)Nc2ccccc2O)c1C. The highest BCUT2D eigenvalue weighted by atomic mass is 16.3. The Bertz CT molecular complexity index is 617. The van der Waals surface area contributed by atoms with Gasteiger partial charge in [0.05, 0.1) is 16.9 Å². The van der Waals surface area contributed by atoms with E-state index >= 15 is 0 Å². The van der Waals surface area contributed by atoms with E-state index in [1.165, 1.54) is 6.07 Å². The zero-order chi connectivity index (χ0) is 14.0. The van der Waals surface area contributed by atoms with Crippen molar-refractivity contribution < 1.29 is 9.90 Å². The Hall–Kier alpha value is -2.30. The summed E-state index contributed by atoms with van der Waals surface area (Å²) in [5.74, 6) is -0.203. The Balaban J connectivity index is 2.31. The molecular weight excluding hydrogens is 242 g/mol. The van der Waals surface area contributed by atoms with Crippen LogP contribution in [-0.4, -0.2) is 20.8 Å². The number of hydrogen-bond acceptors (Lipinski definition) is 3. The van der Waals surface area contributed by atoms with Crippen LogP contribution in [0.4, 0.5) is 5.69 Å². The number of phenolic OH excluding ortho intramolecular Hbond substituents is 1. The number of aromatic hydroxyl groups is 1. The smallest absolute Gasteiger partial charge is 0.259 e. The van der Waals surface area contributed by atoms with Crippen molar-refractivity contribution in [2.45, 2.75) is 27.3 Å². The van der Waals surface area contributed by atoms with Crippen molar-refractivity contribution >= 4 is 11.6 Å². The van der Waals surface area contributed by atoms with Crippen molar-refractivity contribution in [3.05, 3.63) is 41.2 Å². The standard InChI is InChI=1S/C14H17N3O2/c1-4-17-10(3)13(9(2)16-17)14(19)15-11-7-5-6-8-12(11)18/h5-8,18H,4H2,1-3H3,(H,15,19). The first-order chi connectivity index (χ1) is 9.04. The van der Waals surface area contributed by atoms with Crippen LogP contribution in [0.5, 0.6) is 5.75 Å². The maximum atomic E-state index is 12.3. The average molecular weight is 259 g/mol. The summed E-state index contributed by atoms with van der Waals surface area (Å²) in [7, 11) is 0. The highest BCUT2D eigenvalue weighted by Gasteiger charge is 2.18. The van der Waals surface area contributed by atoms with E-state index in [2.05, 4.69) is 10.4 Å². The third-order valence-corrected chi connectivity index (χ3v) is 3.06. The fraction of sp³-hybridized carbons (Fsp3) is 0.286. The lowest BCUT2D eigenvalue weighted by molar-refractivity contribution is 0.102. The molecule has 2 rings (SSSR count). The van der Waals surface area contributed by atoms with Crippen LogP contribution in [0.1, 0.15) is 28.7 Å². The maximum absolute atomic E-state index is 12.3. The van der Waals surface area contributed by atoms with Crippen LogP contribution in [0.25, 0.3) is 0 Å². The lowest BCUT2D eigenvalue weighted by Crippen LogP contribution is -2.14. The van der Waals surface area contributed by atoms with Gasteiger partial charge in [0.25, 0.3) is 5.91 Å². The van der Waals surface area contributed by atoms with Gasteiger partial charge < -0.3 is 10.4 Å². The number of hydrogen-bond donors (Lipinski definition) is 2. The molecule has 0 aliphatic rings. The van der Waals surface area contributed by atoms with Crippen LogP contribution in [-0.2, 0) is 6.54 Å². The minimum atomic E-state index is -0.254. The Morgan fingerprint density at radius 2 is 2.05 bits per heavy atom. The summed E-state index contributed by atoms with van der Waals surface area (Å²) < 4.78 is 1.79. The van der Waals surface area contributed by atoms with Gasteiger partial charge in [-0.2, -0.15) is 5.10 Å². The van der Waals surface area contributed by atoms with E-state index in [0.717, 1.165) is 12.2 Å². The Morgan fingerprint density at radius 1 is 1.37 bits per heavy atom. The lowest BCUT2D eigenvalue weighted by atomic mass is 10.1.